The Morgan fingerprint density at radius 1 is 0.270 bits per heavy atom. The summed E-state index contributed by atoms with van der Waals surface area (Å²) in [7, 11) is 52.3. The zero-order valence-electron chi connectivity index (χ0n) is 51.1. The molecular weight excluding hydrogens is 867 g/mol. The maximum atomic E-state index is 2.79. The van der Waals surface area contributed by atoms with E-state index in [1.165, 1.54) is 221 Å². The molecule has 0 radical (unpaired) electrons. The second kappa shape index (κ2) is 18.6. The third-order valence-electron chi connectivity index (χ3n) is 21.3. The number of hydrogen-bond donors (Lipinski definition) is 0. The summed E-state index contributed by atoms with van der Waals surface area (Å²) in [6.07, 6.45) is 0. The lowest BCUT2D eigenvalue weighted by Gasteiger charge is -2.49. The molecule has 0 spiro atoms. The lowest BCUT2D eigenvalue weighted by atomic mass is 9.29. The van der Waals surface area contributed by atoms with Crippen LogP contribution in [0.15, 0.2) is 12.1 Å². The van der Waals surface area contributed by atoms with Gasteiger partial charge in [0, 0.05) is 45.5 Å². The van der Waals surface area contributed by atoms with Crippen LogP contribution < -0.4 is 151 Å². The molecule has 0 N–H and O–H groups in total. The van der Waals surface area contributed by atoms with E-state index >= 15 is 0 Å². The molecule has 2 aliphatic heterocycles. The zero-order valence-corrected chi connectivity index (χ0v) is 51.1. The van der Waals surface area contributed by atoms with Crippen LogP contribution in [0, 0.1) is 41.5 Å². The van der Waals surface area contributed by atoms with Crippen LogP contribution in [0.1, 0.15) is 33.4 Å². The van der Waals surface area contributed by atoms with Crippen molar-refractivity contribution >= 4 is 367 Å². The minimum absolute atomic E-state index is 0.0165. The molecule has 0 bridgehead atoms. The van der Waals surface area contributed by atoms with E-state index in [1.54, 1.807) is 0 Å². The third-order valence-corrected chi connectivity index (χ3v) is 21.3. The number of nitrogens with zero attached hydrogens (tertiary/aromatic N) is 3. The first kappa shape index (κ1) is 54.2. The van der Waals surface area contributed by atoms with Crippen molar-refractivity contribution in [3.05, 3.63) is 45.5 Å². The molecule has 3 nitrogen and oxygen atoms in total. The fourth-order valence-corrected chi connectivity index (χ4v) is 14.1. The molecule has 0 unspecified atom stereocenters. The summed E-state index contributed by atoms with van der Waals surface area (Å²) in [6, 6.07) is 5.29. The first-order valence-corrected chi connectivity index (χ1v) is 27.5. The standard InChI is InChI=1S/C48H64B23N3/c1-9-18(49)30(61)43(31(62)19(9)50)72(44-32(63)20(51)10(2)21(52)33(44)64)15-7-16-40-17(8-15)74(46-36(67)24(55)12(4)25(56)37(46)68)48-39(70)27(58)14(6)29(60)42(48)71(40)41-28(59)13(5)26(57)38(69)47(41)73(16)45-34(65)22(53)11(3)23(54)35(45)66/h7-8H,49-70H2,1-6H3. The number of anilines is 9. The Hall–Kier alpha value is -4.57. The second-order valence-corrected chi connectivity index (χ2v) is 23.8. The molecule has 0 aromatic heterocycles. The highest BCUT2D eigenvalue weighted by molar-refractivity contribution is 7.04. The van der Waals surface area contributed by atoms with Gasteiger partial charge in [-0.2, -0.15) is 0 Å². The molecule has 2 heterocycles. The quantitative estimate of drug-likeness (QED) is 0.159. The minimum atomic E-state index is -0.0165. The SMILES string of the molecule is Bc1c(B)c(N(c2cc3c4c(c2)N(c2c(B)c(B)c(C)c(B)c2B)c2c(B)c(B)c(C)c(B)c2B4c2c(B)c(C)c(B)c(B)c2N3c2c(B)c(B)c(C)c(B)c2B)c2c(B)c(B)c(C)c(B)c2B)c(B)c(B)c1C. The third kappa shape index (κ3) is 7.19. The Morgan fingerprint density at radius 3 is 0.743 bits per heavy atom. The van der Waals surface area contributed by atoms with Gasteiger partial charge < -0.3 is 14.7 Å². The minimum Gasteiger partial charge on any atom is -0.313 e. The maximum Gasteiger partial charge on any atom is 0.250 e. The van der Waals surface area contributed by atoms with Crippen molar-refractivity contribution in [2.45, 2.75) is 41.5 Å². The van der Waals surface area contributed by atoms with Crippen LogP contribution in [0.5, 0.6) is 0 Å². The van der Waals surface area contributed by atoms with Gasteiger partial charge in [0.25, 0.3) is 6.71 Å². The first-order chi connectivity index (χ1) is 34.5. The Kier molecular flexibility index (Phi) is 13.6. The summed E-state index contributed by atoms with van der Waals surface area (Å²) >= 11 is 0. The second-order valence-electron chi connectivity index (χ2n) is 23.8. The van der Waals surface area contributed by atoms with Crippen molar-refractivity contribution in [3.8, 4) is 0 Å². The van der Waals surface area contributed by atoms with Crippen LogP contribution in [-0.4, -0.2) is 179 Å². The molecule has 0 atom stereocenters. The van der Waals surface area contributed by atoms with E-state index in [9.17, 15) is 0 Å². The van der Waals surface area contributed by atoms with E-state index in [4.69, 9.17) is 0 Å². The molecule has 0 aliphatic carbocycles. The fourth-order valence-electron chi connectivity index (χ4n) is 14.1. The van der Waals surface area contributed by atoms with E-state index < -0.39 is 0 Å². The van der Waals surface area contributed by atoms with Crippen molar-refractivity contribution < 1.29 is 0 Å². The lowest BCUT2D eigenvalue weighted by Crippen LogP contribution is -2.72. The predicted molar refractivity (Wildman–Crippen MR) is 403 cm³/mol. The van der Waals surface area contributed by atoms with Gasteiger partial charge in [-0.1, -0.05) is 164 Å². The van der Waals surface area contributed by atoms with E-state index in [2.05, 4.69) is 241 Å². The average Bonchev–Trinajstić information content (AvgIpc) is 3.38. The Morgan fingerprint density at radius 2 is 0.486 bits per heavy atom. The summed E-state index contributed by atoms with van der Waals surface area (Å²) in [5.74, 6) is 0. The monoisotopic (exact) mass is 936 g/mol. The molecule has 2 aliphatic rings. The van der Waals surface area contributed by atoms with Crippen LogP contribution in [0.25, 0.3) is 0 Å². The van der Waals surface area contributed by atoms with E-state index in [1.807, 2.05) is 0 Å². The van der Waals surface area contributed by atoms with Gasteiger partial charge in [-0.3, -0.25) is 0 Å². The van der Waals surface area contributed by atoms with Crippen molar-refractivity contribution in [2.24, 2.45) is 0 Å². The highest BCUT2D eigenvalue weighted by Crippen LogP contribution is 2.45. The molecule has 0 amide bonds. The van der Waals surface area contributed by atoms with Crippen LogP contribution in [0.4, 0.5) is 51.2 Å². The van der Waals surface area contributed by atoms with Crippen LogP contribution >= 0.6 is 0 Å². The maximum absolute atomic E-state index is 2.79. The van der Waals surface area contributed by atoms with Gasteiger partial charge in [0.1, 0.15) is 173 Å². The summed E-state index contributed by atoms with van der Waals surface area (Å²) in [5, 5.41) is 0. The van der Waals surface area contributed by atoms with Gasteiger partial charge in [-0.25, -0.2) is 0 Å². The molecule has 0 saturated heterocycles. The molecule has 74 heavy (non-hydrogen) atoms. The summed E-state index contributed by atoms with van der Waals surface area (Å²) in [5.41, 5.74) is 54.1. The summed E-state index contributed by atoms with van der Waals surface area (Å²) < 4.78 is 0. The van der Waals surface area contributed by atoms with Gasteiger partial charge in [0.15, 0.2) is 0 Å². The number of rotatable bonds is 5. The Balaban J connectivity index is 1.65. The average molecular weight is 932 g/mol. The van der Waals surface area contributed by atoms with Gasteiger partial charge in [0.2, 0.25) is 0 Å². The van der Waals surface area contributed by atoms with Crippen molar-refractivity contribution in [1.82, 2.24) is 0 Å². The predicted octanol–water partition coefficient (Wildman–Crippen LogP) is -27.2. The van der Waals surface area contributed by atoms with Crippen LogP contribution in [-0.2, 0) is 0 Å². The lowest BCUT2D eigenvalue weighted by molar-refractivity contribution is 1.26. The van der Waals surface area contributed by atoms with Gasteiger partial charge in [0.05, 0.1) is 5.69 Å². The summed E-state index contributed by atoms with van der Waals surface area (Å²) in [4.78, 5) is 8.31. The normalized spacial score (nSPS) is 12.5. The molecule has 0 fully saturated rings. The van der Waals surface area contributed by atoms with Gasteiger partial charge >= 0.3 is 0 Å². The Bertz CT molecular complexity index is 3410. The number of benzene rings is 7. The summed E-state index contributed by atoms with van der Waals surface area (Å²) in [6.45, 7) is 14.0. The first-order valence-electron chi connectivity index (χ1n) is 27.5. The molecule has 26 heteroatoms. The van der Waals surface area contributed by atoms with Crippen molar-refractivity contribution in [3.63, 3.8) is 0 Å². The number of hydrogen-bond acceptors (Lipinski definition) is 3. The highest BCUT2D eigenvalue weighted by Gasteiger charge is 2.48. The smallest absolute Gasteiger partial charge is 0.250 e. The highest BCUT2D eigenvalue weighted by atomic mass is 15.2. The van der Waals surface area contributed by atoms with Crippen molar-refractivity contribution in [2.75, 3.05) is 14.7 Å². The van der Waals surface area contributed by atoms with Gasteiger partial charge in [-0.05, 0) is 59.1 Å². The molecule has 0 saturated carbocycles. The topological polar surface area (TPSA) is 9.72 Å². The molecule has 7 aromatic carbocycles. The molecule has 9 rings (SSSR count). The largest absolute Gasteiger partial charge is 0.313 e. The Labute approximate surface area is 465 Å². The zero-order chi connectivity index (χ0) is 54.8. The van der Waals surface area contributed by atoms with Crippen LogP contribution in [0.3, 0.4) is 0 Å². The van der Waals surface area contributed by atoms with Crippen LogP contribution in [0.2, 0.25) is 0 Å². The van der Waals surface area contributed by atoms with Gasteiger partial charge in [-0.15, -0.1) is 0 Å². The number of fused-ring (bicyclic) bond motifs is 4. The van der Waals surface area contributed by atoms with Crippen molar-refractivity contribution in [1.29, 1.82) is 0 Å². The van der Waals surface area contributed by atoms with E-state index in [-0.39, 0.29) is 6.71 Å². The van der Waals surface area contributed by atoms with E-state index in [0.717, 1.165) is 0 Å². The molecular formula is C48H64B23N3. The molecule has 7 aromatic rings. The molecule has 340 valence electrons. The van der Waals surface area contributed by atoms with E-state index in [0.29, 0.717) is 0 Å². The fraction of sp³-hybridized carbons (Fsp3) is 0.125.